The molecule has 0 bridgehead atoms. The first-order valence-electron chi connectivity index (χ1n) is 5.96. The van der Waals surface area contributed by atoms with Crippen molar-refractivity contribution >= 4 is 11.8 Å². The van der Waals surface area contributed by atoms with Crippen LogP contribution in [0.15, 0.2) is 0 Å². The third-order valence-corrected chi connectivity index (χ3v) is 3.34. The van der Waals surface area contributed by atoms with Crippen molar-refractivity contribution in [3.63, 3.8) is 0 Å². The molecule has 0 aromatic heterocycles. The molecule has 0 saturated carbocycles. The minimum absolute atomic E-state index is 0.0562. The molecule has 90 valence electrons. The molecule has 0 spiro atoms. The van der Waals surface area contributed by atoms with Crippen LogP contribution in [-0.4, -0.2) is 60.4 Å². The highest BCUT2D eigenvalue weighted by molar-refractivity contribution is 5.83. The summed E-state index contributed by atoms with van der Waals surface area (Å²) in [5, 5.41) is 3.20. The van der Waals surface area contributed by atoms with E-state index in [9.17, 15) is 9.59 Å². The Morgan fingerprint density at radius 3 is 2.44 bits per heavy atom. The van der Waals surface area contributed by atoms with Crippen molar-refractivity contribution in [1.82, 2.24) is 15.1 Å². The van der Waals surface area contributed by atoms with Gasteiger partial charge in [-0.05, 0) is 12.8 Å². The first-order valence-corrected chi connectivity index (χ1v) is 5.96. The van der Waals surface area contributed by atoms with Crippen LogP contribution in [-0.2, 0) is 9.59 Å². The van der Waals surface area contributed by atoms with E-state index < -0.39 is 0 Å². The lowest BCUT2D eigenvalue weighted by atomic mass is 10.2. The average molecular weight is 225 g/mol. The standard InChI is InChI=1S/C11H19N3O2/c1-9(15)14-7-4-12-10(8-14)11(16)13-5-2-3-6-13/h10,12H,2-8H2,1H3/t10-/m1/s1. The van der Waals surface area contributed by atoms with E-state index in [1.807, 2.05) is 4.90 Å². The number of amides is 2. The quantitative estimate of drug-likeness (QED) is 0.650. The maximum atomic E-state index is 12.1. The number of carbonyl (C=O) groups is 2. The van der Waals surface area contributed by atoms with E-state index in [1.165, 1.54) is 0 Å². The van der Waals surface area contributed by atoms with Crippen molar-refractivity contribution in [1.29, 1.82) is 0 Å². The fourth-order valence-electron chi connectivity index (χ4n) is 2.36. The molecule has 2 heterocycles. The van der Waals surface area contributed by atoms with Crippen LogP contribution in [0.4, 0.5) is 0 Å². The van der Waals surface area contributed by atoms with E-state index in [2.05, 4.69) is 5.32 Å². The maximum Gasteiger partial charge on any atom is 0.241 e. The summed E-state index contributed by atoms with van der Waals surface area (Å²) in [4.78, 5) is 27.0. The van der Waals surface area contributed by atoms with Gasteiger partial charge in [-0.15, -0.1) is 0 Å². The summed E-state index contributed by atoms with van der Waals surface area (Å²) in [5.74, 6) is 0.212. The van der Waals surface area contributed by atoms with Crippen LogP contribution in [0.3, 0.4) is 0 Å². The lowest BCUT2D eigenvalue weighted by molar-refractivity contribution is -0.136. The van der Waals surface area contributed by atoms with Gasteiger partial charge >= 0.3 is 0 Å². The molecule has 5 heteroatoms. The molecule has 2 aliphatic heterocycles. The zero-order valence-electron chi connectivity index (χ0n) is 9.74. The monoisotopic (exact) mass is 225 g/mol. The van der Waals surface area contributed by atoms with Crippen LogP contribution in [0.25, 0.3) is 0 Å². The lowest BCUT2D eigenvalue weighted by Gasteiger charge is -2.34. The number of nitrogens with zero attached hydrogens (tertiary/aromatic N) is 2. The highest BCUT2D eigenvalue weighted by atomic mass is 16.2. The van der Waals surface area contributed by atoms with Crippen LogP contribution in [0.5, 0.6) is 0 Å². The molecule has 0 unspecified atom stereocenters. The molecule has 0 radical (unpaired) electrons. The summed E-state index contributed by atoms with van der Waals surface area (Å²) in [6, 6.07) is -0.198. The maximum absolute atomic E-state index is 12.1. The Morgan fingerprint density at radius 1 is 1.12 bits per heavy atom. The molecular formula is C11H19N3O2. The van der Waals surface area contributed by atoms with Gasteiger partial charge in [0.15, 0.2) is 0 Å². The Balaban J connectivity index is 1.93. The zero-order chi connectivity index (χ0) is 11.5. The molecule has 2 saturated heterocycles. The van der Waals surface area contributed by atoms with Gasteiger partial charge in [-0.25, -0.2) is 0 Å². The molecule has 16 heavy (non-hydrogen) atoms. The number of nitrogens with one attached hydrogen (secondary N) is 1. The number of piperazine rings is 1. The van der Waals surface area contributed by atoms with Gasteiger partial charge in [-0.2, -0.15) is 0 Å². The highest BCUT2D eigenvalue weighted by Crippen LogP contribution is 2.11. The second-order valence-electron chi connectivity index (χ2n) is 4.50. The predicted molar refractivity (Wildman–Crippen MR) is 59.9 cm³/mol. The van der Waals surface area contributed by atoms with Crippen molar-refractivity contribution in [2.45, 2.75) is 25.8 Å². The molecule has 5 nitrogen and oxygen atoms in total. The van der Waals surface area contributed by atoms with Gasteiger partial charge in [0.2, 0.25) is 11.8 Å². The number of hydrogen-bond acceptors (Lipinski definition) is 3. The topological polar surface area (TPSA) is 52.7 Å². The van der Waals surface area contributed by atoms with Gasteiger partial charge < -0.3 is 15.1 Å². The van der Waals surface area contributed by atoms with E-state index in [0.717, 1.165) is 25.9 Å². The largest absolute Gasteiger partial charge is 0.341 e. The van der Waals surface area contributed by atoms with Crippen LogP contribution in [0, 0.1) is 0 Å². The zero-order valence-corrected chi connectivity index (χ0v) is 9.74. The van der Waals surface area contributed by atoms with Crippen LogP contribution in [0.2, 0.25) is 0 Å². The predicted octanol–water partition coefficient (Wildman–Crippen LogP) is -0.571. The van der Waals surface area contributed by atoms with Gasteiger partial charge in [0, 0.05) is 39.6 Å². The number of hydrogen-bond donors (Lipinski definition) is 1. The van der Waals surface area contributed by atoms with E-state index >= 15 is 0 Å². The third kappa shape index (κ3) is 2.35. The Morgan fingerprint density at radius 2 is 1.81 bits per heavy atom. The number of likely N-dealkylation sites (tertiary alicyclic amines) is 1. The first kappa shape index (κ1) is 11.4. The summed E-state index contributed by atoms with van der Waals surface area (Å²) in [7, 11) is 0. The Hall–Kier alpha value is -1.10. The first-order chi connectivity index (χ1) is 7.68. The van der Waals surface area contributed by atoms with Crippen LogP contribution >= 0.6 is 0 Å². The van der Waals surface area contributed by atoms with Crippen molar-refractivity contribution in [2.24, 2.45) is 0 Å². The highest BCUT2D eigenvalue weighted by Gasteiger charge is 2.30. The summed E-state index contributed by atoms with van der Waals surface area (Å²) >= 11 is 0. The molecule has 2 amide bonds. The average Bonchev–Trinajstić information content (AvgIpc) is 2.81. The Labute approximate surface area is 95.8 Å². The van der Waals surface area contributed by atoms with Gasteiger partial charge in [-0.3, -0.25) is 9.59 Å². The van der Waals surface area contributed by atoms with Crippen molar-refractivity contribution in [3.8, 4) is 0 Å². The fourth-order valence-corrected chi connectivity index (χ4v) is 2.36. The molecular weight excluding hydrogens is 206 g/mol. The summed E-state index contributed by atoms with van der Waals surface area (Å²) < 4.78 is 0. The van der Waals surface area contributed by atoms with E-state index in [0.29, 0.717) is 19.6 Å². The number of carbonyl (C=O) groups excluding carboxylic acids is 2. The third-order valence-electron chi connectivity index (χ3n) is 3.34. The Kier molecular flexibility index (Phi) is 3.43. The normalized spacial score (nSPS) is 25.9. The molecule has 0 aromatic carbocycles. The summed E-state index contributed by atoms with van der Waals surface area (Å²) in [6.07, 6.45) is 2.21. The minimum atomic E-state index is -0.198. The van der Waals surface area contributed by atoms with Gasteiger partial charge in [0.1, 0.15) is 6.04 Å². The van der Waals surface area contributed by atoms with Crippen molar-refractivity contribution in [3.05, 3.63) is 0 Å². The summed E-state index contributed by atoms with van der Waals surface area (Å²) in [5.41, 5.74) is 0. The fraction of sp³-hybridized carbons (Fsp3) is 0.818. The second kappa shape index (κ2) is 4.82. The molecule has 1 N–H and O–H groups in total. The van der Waals surface area contributed by atoms with Crippen LogP contribution in [0.1, 0.15) is 19.8 Å². The smallest absolute Gasteiger partial charge is 0.241 e. The van der Waals surface area contributed by atoms with Gasteiger partial charge in [0.25, 0.3) is 0 Å². The van der Waals surface area contributed by atoms with Gasteiger partial charge in [-0.1, -0.05) is 0 Å². The van der Waals surface area contributed by atoms with E-state index in [1.54, 1.807) is 11.8 Å². The molecule has 2 fully saturated rings. The minimum Gasteiger partial charge on any atom is -0.341 e. The molecule has 1 atom stereocenters. The van der Waals surface area contributed by atoms with Crippen molar-refractivity contribution in [2.75, 3.05) is 32.7 Å². The molecule has 2 aliphatic rings. The lowest BCUT2D eigenvalue weighted by Crippen LogP contribution is -2.58. The SMILES string of the molecule is CC(=O)N1CCN[C@@H](C(=O)N2CCCC2)C1. The number of rotatable bonds is 1. The molecule has 0 aromatic rings. The second-order valence-corrected chi connectivity index (χ2v) is 4.50. The van der Waals surface area contributed by atoms with Gasteiger partial charge in [0.05, 0.1) is 0 Å². The Bertz CT molecular complexity index is 287. The summed E-state index contributed by atoms with van der Waals surface area (Å²) in [6.45, 7) is 5.24. The van der Waals surface area contributed by atoms with E-state index in [4.69, 9.17) is 0 Å². The molecule has 2 rings (SSSR count). The van der Waals surface area contributed by atoms with Crippen molar-refractivity contribution < 1.29 is 9.59 Å². The molecule has 0 aliphatic carbocycles. The van der Waals surface area contributed by atoms with Crippen LogP contribution < -0.4 is 5.32 Å². The van der Waals surface area contributed by atoms with E-state index in [-0.39, 0.29) is 17.9 Å².